The zero-order valence-electron chi connectivity index (χ0n) is 23.4. The molecule has 6 nitrogen and oxygen atoms in total. The molecule has 1 amide bonds. The molecule has 4 aromatic carbocycles. The molecular weight excluding hydrogens is 572 g/mol. The van der Waals surface area contributed by atoms with Gasteiger partial charge in [0.25, 0.3) is 5.91 Å². The molecule has 0 bridgehead atoms. The molecule has 5 aromatic rings. The molecule has 3 N–H and O–H groups in total. The highest BCUT2D eigenvalue weighted by Gasteiger charge is 2.30. The first-order chi connectivity index (χ1) is 20.7. The number of fused-ring (bicyclic) bond motifs is 1. The zero-order valence-corrected chi connectivity index (χ0v) is 24.2. The number of aromatic nitrogens is 2. The molecule has 0 radical (unpaired) electrons. The van der Waals surface area contributed by atoms with Crippen LogP contribution in [0.2, 0.25) is 5.02 Å². The summed E-state index contributed by atoms with van der Waals surface area (Å²) >= 11 is 6.25. The molecule has 9 heteroatoms. The predicted octanol–water partition coefficient (Wildman–Crippen LogP) is 8.08. The standard InChI is InChI=1S/C34H30ClF2N3O3/c1-2-4-27(20-7-9-22(10-8-20)34(43)38-16-15-30(41)42)31(21-11-13-25(35)14-12-21)33-28-18-24(19-29(37)32(28)39-40-33)23-5-3-6-26(36)17-23/h3,5-14,17-19,27,31H,2,4,15-16H2,1H3,(H,38,43)(H,39,40)(H,41,42). The van der Waals surface area contributed by atoms with Gasteiger partial charge in [-0.2, -0.15) is 5.10 Å². The van der Waals surface area contributed by atoms with E-state index in [1.165, 1.54) is 18.2 Å². The van der Waals surface area contributed by atoms with Gasteiger partial charge in [0.15, 0.2) is 5.82 Å². The number of carboxylic acids is 1. The summed E-state index contributed by atoms with van der Waals surface area (Å²) in [5, 5.41) is 20.1. The van der Waals surface area contributed by atoms with Crippen molar-refractivity contribution in [3.63, 3.8) is 0 Å². The van der Waals surface area contributed by atoms with Crippen LogP contribution in [0.4, 0.5) is 8.78 Å². The summed E-state index contributed by atoms with van der Waals surface area (Å²) in [4.78, 5) is 23.4. The minimum absolute atomic E-state index is 0.0358. The van der Waals surface area contributed by atoms with Gasteiger partial charge in [0, 0.05) is 28.4 Å². The molecule has 0 aliphatic heterocycles. The van der Waals surface area contributed by atoms with Crippen LogP contribution in [0.25, 0.3) is 22.0 Å². The average molecular weight is 602 g/mol. The van der Waals surface area contributed by atoms with Gasteiger partial charge in [-0.25, -0.2) is 8.78 Å². The first-order valence-electron chi connectivity index (χ1n) is 14.0. The monoisotopic (exact) mass is 601 g/mol. The van der Waals surface area contributed by atoms with Gasteiger partial charge < -0.3 is 10.4 Å². The molecule has 0 saturated carbocycles. The number of nitrogens with one attached hydrogen (secondary N) is 2. The second-order valence-electron chi connectivity index (χ2n) is 10.4. The highest BCUT2D eigenvalue weighted by atomic mass is 35.5. The van der Waals surface area contributed by atoms with E-state index < -0.39 is 17.6 Å². The number of hydrogen-bond acceptors (Lipinski definition) is 3. The number of rotatable bonds is 11. The molecule has 2 atom stereocenters. The molecule has 0 spiro atoms. The van der Waals surface area contributed by atoms with Crippen molar-refractivity contribution in [1.29, 1.82) is 0 Å². The molecule has 220 valence electrons. The van der Waals surface area contributed by atoms with Crippen molar-refractivity contribution in [2.75, 3.05) is 6.54 Å². The summed E-state index contributed by atoms with van der Waals surface area (Å²) < 4.78 is 29.5. The van der Waals surface area contributed by atoms with Crippen molar-refractivity contribution in [3.05, 3.63) is 124 Å². The summed E-state index contributed by atoms with van der Waals surface area (Å²) in [6.07, 6.45) is 1.45. The van der Waals surface area contributed by atoms with Gasteiger partial charge in [-0.15, -0.1) is 0 Å². The molecular formula is C34H30ClF2N3O3. The van der Waals surface area contributed by atoms with Gasteiger partial charge in [-0.05, 0) is 83.1 Å². The fourth-order valence-corrected chi connectivity index (χ4v) is 5.67. The van der Waals surface area contributed by atoms with Crippen LogP contribution in [0.15, 0.2) is 84.9 Å². The Balaban J connectivity index is 1.59. The third-order valence-corrected chi connectivity index (χ3v) is 7.82. The summed E-state index contributed by atoms with van der Waals surface area (Å²) in [5.41, 5.74) is 4.32. The molecule has 0 aliphatic rings. The normalized spacial score (nSPS) is 12.7. The lowest BCUT2D eigenvalue weighted by atomic mass is 9.76. The second-order valence-corrected chi connectivity index (χ2v) is 10.9. The second kappa shape index (κ2) is 13.2. The molecule has 2 unspecified atom stereocenters. The highest BCUT2D eigenvalue weighted by molar-refractivity contribution is 6.30. The van der Waals surface area contributed by atoms with E-state index in [0.717, 1.165) is 24.0 Å². The number of H-pyrrole nitrogens is 1. The SMILES string of the molecule is CCCC(c1ccc(C(=O)NCCC(=O)O)cc1)C(c1ccc(Cl)cc1)c1[nH]nc2c(F)cc(-c3cccc(F)c3)cc12. The van der Waals surface area contributed by atoms with Crippen molar-refractivity contribution in [1.82, 2.24) is 15.5 Å². The van der Waals surface area contributed by atoms with E-state index >= 15 is 4.39 Å². The van der Waals surface area contributed by atoms with Crippen LogP contribution in [-0.4, -0.2) is 33.7 Å². The lowest BCUT2D eigenvalue weighted by Gasteiger charge is -2.28. The maximum Gasteiger partial charge on any atom is 0.305 e. The van der Waals surface area contributed by atoms with Crippen LogP contribution in [-0.2, 0) is 4.79 Å². The van der Waals surface area contributed by atoms with Gasteiger partial charge in [0.05, 0.1) is 12.1 Å². The number of amides is 1. The van der Waals surface area contributed by atoms with E-state index in [0.29, 0.717) is 32.8 Å². The number of benzene rings is 4. The number of carbonyl (C=O) groups excluding carboxylic acids is 1. The van der Waals surface area contributed by atoms with E-state index in [9.17, 15) is 14.0 Å². The van der Waals surface area contributed by atoms with Crippen molar-refractivity contribution in [2.24, 2.45) is 0 Å². The number of nitrogens with zero attached hydrogens (tertiary/aromatic N) is 1. The molecule has 0 saturated heterocycles. The maximum absolute atomic E-state index is 15.4. The Kier molecular flexibility index (Phi) is 9.16. The Bertz CT molecular complexity index is 1750. The van der Waals surface area contributed by atoms with Gasteiger partial charge in [-0.3, -0.25) is 14.7 Å². The van der Waals surface area contributed by atoms with E-state index in [2.05, 4.69) is 22.4 Å². The van der Waals surface area contributed by atoms with E-state index in [-0.39, 0.29) is 36.2 Å². The van der Waals surface area contributed by atoms with Crippen LogP contribution >= 0.6 is 11.6 Å². The number of carboxylic acid groups (broad SMARTS) is 1. The minimum atomic E-state index is -0.986. The molecule has 0 fully saturated rings. The lowest BCUT2D eigenvalue weighted by molar-refractivity contribution is -0.136. The molecule has 0 aliphatic carbocycles. The van der Waals surface area contributed by atoms with Crippen LogP contribution in [0.1, 0.15) is 65.2 Å². The zero-order chi connectivity index (χ0) is 30.5. The Morgan fingerprint density at radius 1 is 0.953 bits per heavy atom. The summed E-state index contributed by atoms with van der Waals surface area (Å²) in [5.74, 6) is -2.65. The fourth-order valence-electron chi connectivity index (χ4n) is 5.54. The first-order valence-corrected chi connectivity index (χ1v) is 14.4. The number of aliphatic carboxylic acids is 1. The fraction of sp³-hybridized carbons (Fsp3) is 0.206. The van der Waals surface area contributed by atoms with Crippen molar-refractivity contribution in [2.45, 2.75) is 38.0 Å². The Morgan fingerprint density at radius 2 is 1.67 bits per heavy atom. The van der Waals surface area contributed by atoms with Gasteiger partial charge in [0.1, 0.15) is 11.3 Å². The first kappa shape index (κ1) is 29.9. The van der Waals surface area contributed by atoms with Gasteiger partial charge in [0.2, 0.25) is 0 Å². The van der Waals surface area contributed by atoms with Crippen molar-refractivity contribution < 1.29 is 23.5 Å². The summed E-state index contributed by atoms with van der Waals surface area (Å²) in [6.45, 7) is 2.12. The Morgan fingerprint density at radius 3 is 2.35 bits per heavy atom. The third kappa shape index (κ3) is 6.75. The number of carbonyl (C=O) groups is 2. The van der Waals surface area contributed by atoms with Crippen molar-refractivity contribution >= 4 is 34.4 Å². The molecule has 43 heavy (non-hydrogen) atoms. The lowest BCUT2D eigenvalue weighted by Crippen LogP contribution is -2.26. The van der Waals surface area contributed by atoms with Crippen molar-refractivity contribution in [3.8, 4) is 11.1 Å². The van der Waals surface area contributed by atoms with E-state index in [1.807, 2.05) is 42.5 Å². The van der Waals surface area contributed by atoms with Gasteiger partial charge in [-0.1, -0.05) is 61.3 Å². The van der Waals surface area contributed by atoms with Crippen LogP contribution in [0.3, 0.4) is 0 Å². The third-order valence-electron chi connectivity index (χ3n) is 7.57. The molecule has 1 heterocycles. The predicted molar refractivity (Wildman–Crippen MR) is 163 cm³/mol. The molecule has 1 aromatic heterocycles. The molecule has 5 rings (SSSR count). The Labute approximate surface area is 252 Å². The number of aromatic amines is 1. The highest BCUT2D eigenvalue weighted by Crippen LogP contribution is 2.44. The minimum Gasteiger partial charge on any atom is -0.481 e. The topological polar surface area (TPSA) is 95.1 Å². The van der Waals surface area contributed by atoms with Crippen LogP contribution in [0, 0.1) is 11.6 Å². The number of hydrogen-bond donors (Lipinski definition) is 3. The quantitative estimate of drug-likeness (QED) is 0.143. The maximum atomic E-state index is 15.4. The average Bonchev–Trinajstić information content (AvgIpc) is 3.42. The van der Waals surface area contributed by atoms with E-state index in [4.69, 9.17) is 16.7 Å². The smallest absolute Gasteiger partial charge is 0.305 e. The summed E-state index contributed by atoms with van der Waals surface area (Å²) in [6, 6.07) is 24.0. The van der Waals surface area contributed by atoms with Crippen LogP contribution in [0.5, 0.6) is 0 Å². The number of halogens is 3. The largest absolute Gasteiger partial charge is 0.481 e. The van der Waals surface area contributed by atoms with Crippen LogP contribution < -0.4 is 5.32 Å². The van der Waals surface area contributed by atoms with E-state index in [1.54, 1.807) is 24.3 Å². The van der Waals surface area contributed by atoms with Gasteiger partial charge >= 0.3 is 5.97 Å². The summed E-state index contributed by atoms with van der Waals surface area (Å²) in [7, 11) is 0. The Hall–Kier alpha value is -4.56.